The normalized spacial score (nSPS) is 11.3. The summed E-state index contributed by atoms with van der Waals surface area (Å²) in [7, 11) is -3.71. The molecule has 0 amide bonds. The van der Waals surface area contributed by atoms with Gasteiger partial charge in [0, 0.05) is 11.9 Å². The third-order valence-electron chi connectivity index (χ3n) is 2.34. The lowest BCUT2D eigenvalue weighted by Gasteiger charge is -2.07. The van der Waals surface area contributed by atoms with Gasteiger partial charge in [-0.1, -0.05) is 0 Å². The summed E-state index contributed by atoms with van der Waals surface area (Å²) in [6.07, 6.45) is 1.49. The number of benzene rings is 1. The lowest BCUT2D eigenvalue weighted by Crippen LogP contribution is -2.15. The molecule has 2 rings (SSSR count). The number of sulfonamides is 1. The van der Waals surface area contributed by atoms with E-state index >= 15 is 0 Å². The molecule has 0 saturated carbocycles. The summed E-state index contributed by atoms with van der Waals surface area (Å²) in [4.78, 5) is 8.03. The predicted molar refractivity (Wildman–Crippen MR) is 76.1 cm³/mol. The fourth-order valence-electron chi connectivity index (χ4n) is 1.33. The van der Waals surface area contributed by atoms with Gasteiger partial charge in [-0.05, 0) is 47.1 Å². The van der Waals surface area contributed by atoms with Crippen LogP contribution >= 0.6 is 15.9 Å². The molecule has 6 nitrogen and oxygen atoms in total. The lowest BCUT2D eigenvalue weighted by atomic mass is 10.3. The zero-order valence-corrected chi connectivity index (χ0v) is 12.4. The highest BCUT2D eigenvalue weighted by atomic mass is 79.9. The number of hydrogen-bond donors (Lipinski definition) is 2. The van der Waals surface area contributed by atoms with Crippen LogP contribution in [0.25, 0.3) is 0 Å². The van der Waals surface area contributed by atoms with Gasteiger partial charge in [0.2, 0.25) is 5.95 Å². The van der Waals surface area contributed by atoms with E-state index < -0.39 is 10.0 Å². The summed E-state index contributed by atoms with van der Waals surface area (Å²) in [5.74, 6) is 0.0255. The molecule has 8 heteroatoms. The Bertz CT molecular complexity index is 701. The Morgan fingerprint density at radius 2 is 1.89 bits per heavy atom. The molecule has 0 bridgehead atoms. The van der Waals surface area contributed by atoms with Crippen molar-refractivity contribution < 1.29 is 8.42 Å². The van der Waals surface area contributed by atoms with Gasteiger partial charge >= 0.3 is 0 Å². The van der Waals surface area contributed by atoms with E-state index in [-0.39, 0.29) is 10.8 Å². The van der Waals surface area contributed by atoms with Crippen LogP contribution in [0.3, 0.4) is 0 Å². The first-order chi connectivity index (χ1) is 8.88. The van der Waals surface area contributed by atoms with E-state index in [1.54, 1.807) is 6.92 Å². The topological polar surface area (TPSA) is 98.0 Å². The van der Waals surface area contributed by atoms with Crippen LogP contribution in [0.1, 0.15) is 5.69 Å². The van der Waals surface area contributed by atoms with Crippen LogP contribution in [-0.2, 0) is 10.0 Å². The first-order valence-corrected chi connectivity index (χ1v) is 7.53. The molecule has 19 heavy (non-hydrogen) atoms. The summed E-state index contributed by atoms with van der Waals surface area (Å²) in [5, 5.41) is 0. The standard InChI is InChI=1S/C11H11BrN4O2S/c1-7-10(12)6-14-11(15-7)16-19(17,18)9-4-2-8(13)3-5-9/h2-6H,13H2,1H3,(H,14,15,16). The van der Waals surface area contributed by atoms with Crippen molar-refractivity contribution in [1.82, 2.24) is 9.97 Å². The zero-order chi connectivity index (χ0) is 14.0. The average Bonchev–Trinajstić information content (AvgIpc) is 2.34. The molecule has 1 heterocycles. The van der Waals surface area contributed by atoms with Gasteiger partial charge in [-0.3, -0.25) is 0 Å². The maximum Gasteiger partial charge on any atom is 0.264 e. The van der Waals surface area contributed by atoms with Gasteiger partial charge in [-0.25, -0.2) is 23.1 Å². The van der Waals surface area contributed by atoms with Crippen LogP contribution in [0.15, 0.2) is 39.8 Å². The molecule has 0 aliphatic carbocycles. The van der Waals surface area contributed by atoms with Gasteiger partial charge in [-0.2, -0.15) is 0 Å². The number of anilines is 2. The van der Waals surface area contributed by atoms with Gasteiger partial charge in [-0.15, -0.1) is 0 Å². The van der Waals surface area contributed by atoms with Crippen LogP contribution in [-0.4, -0.2) is 18.4 Å². The highest BCUT2D eigenvalue weighted by molar-refractivity contribution is 9.10. The summed E-state index contributed by atoms with van der Waals surface area (Å²) >= 11 is 3.25. The maximum atomic E-state index is 12.1. The maximum absolute atomic E-state index is 12.1. The Morgan fingerprint density at radius 1 is 1.26 bits per heavy atom. The second-order valence-electron chi connectivity index (χ2n) is 3.80. The Balaban J connectivity index is 2.30. The second kappa shape index (κ2) is 5.14. The molecule has 0 fully saturated rings. The van der Waals surface area contributed by atoms with Gasteiger partial charge in [0.15, 0.2) is 0 Å². The van der Waals surface area contributed by atoms with E-state index in [9.17, 15) is 8.42 Å². The van der Waals surface area contributed by atoms with Crippen molar-refractivity contribution in [2.75, 3.05) is 10.5 Å². The first kappa shape index (κ1) is 13.8. The molecular weight excluding hydrogens is 332 g/mol. The molecule has 0 spiro atoms. The van der Waals surface area contributed by atoms with E-state index in [4.69, 9.17) is 5.73 Å². The average molecular weight is 343 g/mol. The number of hydrogen-bond acceptors (Lipinski definition) is 5. The molecule has 0 radical (unpaired) electrons. The number of aryl methyl sites for hydroxylation is 1. The van der Waals surface area contributed by atoms with Crippen molar-refractivity contribution >= 4 is 37.6 Å². The molecule has 0 saturated heterocycles. The molecule has 0 aliphatic rings. The SMILES string of the molecule is Cc1nc(NS(=O)(=O)c2ccc(N)cc2)ncc1Br. The van der Waals surface area contributed by atoms with E-state index in [1.807, 2.05) is 0 Å². The monoisotopic (exact) mass is 342 g/mol. The highest BCUT2D eigenvalue weighted by Gasteiger charge is 2.15. The minimum absolute atomic E-state index is 0.0255. The molecule has 0 unspecified atom stereocenters. The van der Waals surface area contributed by atoms with Crippen molar-refractivity contribution in [2.24, 2.45) is 0 Å². The molecule has 0 atom stereocenters. The van der Waals surface area contributed by atoms with E-state index in [1.165, 1.54) is 30.5 Å². The zero-order valence-electron chi connectivity index (χ0n) is 9.96. The Morgan fingerprint density at radius 3 is 2.47 bits per heavy atom. The summed E-state index contributed by atoms with van der Waals surface area (Å²) in [5.41, 5.74) is 6.65. The van der Waals surface area contributed by atoms with Crippen molar-refractivity contribution in [1.29, 1.82) is 0 Å². The van der Waals surface area contributed by atoms with Gasteiger partial charge in [0.1, 0.15) is 0 Å². The largest absolute Gasteiger partial charge is 0.399 e. The van der Waals surface area contributed by atoms with Crippen molar-refractivity contribution in [3.63, 3.8) is 0 Å². The van der Waals surface area contributed by atoms with Gasteiger partial charge in [0.25, 0.3) is 10.0 Å². The second-order valence-corrected chi connectivity index (χ2v) is 6.34. The summed E-state index contributed by atoms with van der Waals surface area (Å²) < 4.78 is 27.2. The van der Waals surface area contributed by atoms with Crippen molar-refractivity contribution in [2.45, 2.75) is 11.8 Å². The molecule has 2 aromatic rings. The first-order valence-electron chi connectivity index (χ1n) is 5.26. The van der Waals surface area contributed by atoms with Crippen molar-refractivity contribution in [3.8, 4) is 0 Å². The van der Waals surface area contributed by atoms with E-state index in [2.05, 4.69) is 30.6 Å². The molecule has 1 aromatic heterocycles. The number of rotatable bonds is 3. The van der Waals surface area contributed by atoms with Crippen LogP contribution in [0.2, 0.25) is 0 Å². The summed E-state index contributed by atoms with van der Waals surface area (Å²) in [6, 6.07) is 5.87. The third kappa shape index (κ3) is 3.21. The van der Waals surface area contributed by atoms with E-state index in [0.717, 1.165) is 0 Å². The van der Waals surface area contributed by atoms with Crippen LogP contribution in [0.4, 0.5) is 11.6 Å². The molecule has 100 valence electrons. The van der Waals surface area contributed by atoms with Gasteiger partial charge < -0.3 is 5.73 Å². The molecule has 3 N–H and O–H groups in total. The number of nitrogen functional groups attached to an aromatic ring is 1. The van der Waals surface area contributed by atoms with Crippen LogP contribution in [0, 0.1) is 6.92 Å². The summed E-state index contributed by atoms with van der Waals surface area (Å²) in [6.45, 7) is 1.74. The Kier molecular flexibility index (Phi) is 3.72. The fourth-order valence-corrected chi connectivity index (χ4v) is 2.47. The number of halogens is 1. The smallest absolute Gasteiger partial charge is 0.264 e. The minimum Gasteiger partial charge on any atom is -0.399 e. The number of nitrogens with two attached hydrogens (primary N) is 1. The molecule has 1 aromatic carbocycles. The minimum atomic E-state index is -3.71. The van der Waals surface area contributed by atoms with Crippen LogP contribution < -0.4 is 10.5 Å². The number of nitrogens with zero attached hydrogens (tertiary/aromatic N) is 2. The third-order valence-corrected chi connectivity index (χ3v) is 4.46. The quantitative estimate of drug-likeness (QED) is 0.830. The number of nitrogens with one attached hydrogen (secondary N) is 1. The highest BCUT2D eigenvalue weighted by Crippen LogP contribution is 2.17. The Labute approximate surface area is 119 Å². The number of aromatic nitrogens is 2. The predicted octanol–water partition coefficient (Wildman–Crippen LogP) is 1.93. The molecule has 0 aliphatic heterocycles. The van der Waals surface area contributed by atoms with Gasteiger partial charge in [0.05, 0.1) is 15.1 Å². The fraction of sp³-hybridized carbons (Fsp3) is 0.0909. The molecular formula is C11H11BrN4O2S. The van der Waals surface area contributed by atoms with Crippen molar-refractivity contribution in [3.05, 3.63) is 40.6 Å². The van der Waals surface area contributed by atoms with E-state index in [0.29, 0.717) is 15.9 Å². The van der Waals surface area contributed by atoms with Crippen LogP contribution in [0.5, 0.6) is 0 Å². The lowest BCUT2D eigenvalue weighted by molar-refractivity contribution is 0.601. The Hall–Kier alpha value is -1.67.